The van der Waals surface area contributed by atoms with Gasteiger partial charge in [0.1, 0.15) is 5.75 Å². The third-order valence-corrected chi connectivity index (χ3v) is 4.31. The Bertz CT molecular complexity index is 710. The lowest BCUT2D eigenvalue weighted by Gasteiger charge is -2.29. The summed E-state index contributed by atoms with van der Waals surface area (Å²) in [6, 6.07) is 16.2. The number of aryl methyl sites for hydroxylation is 1. The number of rotatable bonds is 6. The lowest BCUT2D eigenvalue weighted by Crippen LogP contribution is -2.41. The second-order valence-corrected chi connectivity index (χ2v) is 6.69. The van der Waals surface area contributed by atoms with E-state index < -0.39 is 0 Å². The maximum absolute atomic E-state index is 12.6. The van der Waals surface area contributed by atoms with Crippen molar-refractivity contribution in [3.63, 3.8) is 0 Å². The molecule has 1 heterocycles. The Hall–Kier alpha value is -2.33. The third kappa shape index (κ3) is 4.60. The first kappa shape index (κ1) is 17.5. The summed E-state index contributed by atoms with van der Waals surface area (Å²) in [4.78, 5) is 14.5. The molecule has 1 aliphatic heterocycles. The molecule has 25 heavy (non-hydrogen) atoms. The Morgan fingerprint density at radius 3 is 2.68 bits per heavy atom. The fraction of sp³-hybridized carbons (Fsp3) is 0.381. The highest BCUT2D eigenvalue weighted by Crippen LogP contribution is 2.26. The van der Waals surface area contributed by atoms with Crippen LogP contribution >= 0.6 is 0 Å². The van der Waals surface area contributed by atoms with E-state index in [0.717, 1.165) is 36.4 Å². The van der Waals surface area contributed by atoms with Crippen molar-refractivity contribution in [3.8, 4) is 5.75 Å². The molecule has 0 atom stereocenters. The van der Waals surface area contributed by atoms with Crippen LogP contribution in [-0.2, 0) is 17.8 Å². The molecule has 0 radical (unpaired) electrons. The molecule has 4 nitrogen and oxygen atoms in total. The van der Waals surface area contributed by atoms with Crippen LogP contribution < -0.4 is 15.0 Å². The molecule has 0 saturated heterocycles. The topological polar surface area (TPSA) is 41.6 Å². The highest BCUT2D eigenvalue weighted by molar-refractivity contribution is 5.95. The minimum atomic E-state index is 0.131. The average molecular weight is 338 g/mol. The Balaban J connectivity index is 1.52. The van der Waals surface area contributed by atoms with Crippen molar-refractivity contribution in [1.82, 2.24) is 5.32 Å². The van der Waals surface area contributed by atoms with Gasteiger partial charge >= 0.3 is 0 Å². The molecule has 0 unspecified atom stereocenters. The van der Waals surface area contributed by atoms with Crippen molar-refractivity contribution < 1.29 is 9.53 Å². The first-order valence-electron chi connectivity index (χ1n) is 8.98. The summed E-state index contributed by atoms with van der Waals surface area (Å²) in [7, 11) is 0. The number of nitrogens with one attached hydrogen (secondary N) is 1. The number of hydrogen-bond acceptors (Lipinski definition) is 3. The molecule has 0 saturated carbocycles. The summed E-state index contributed by atoms with van der Waals surface area (Å²) in [6.45, 7) is 5.85. The van der Waals surface area contributed by atoms with Crippen molar-refractivity contribution in [1.29, 1.82) is 0 Å². The first-order valence-corrected chi connectivity index (χ1v) is 8.98. The highest BCUT2D eigenvalue weighted by Gasteiger charge is 2.21. The SMILES string of the molecule is CC(C)Oc1ccc(CNCC(=O)N2CCCc3ccccc32)cc1. The lowest BCUT2D eigenvalue weighted by atomic mass is 10.0. The average Bonchev–Trinajstić information content (AvgIpc) is 2.62. The summed E-state index contributed by atoms with van der Waals surface area (Å²) in [5, 5.41) is 3.26. The second-order valence-electron chi connectivity index (χ2n) is 6.69. The summed E-state index contributed by atoms with van der Waals surface area (Å²) in [5.74, 6) is 1.01. The summed E-state index contributed by atoms with van der Waals surface area (Å²) in [6.07, 6.45) is 2.26. The number of anilines is 1. The summed E-state index contributed by atoms with van der Waals surface area (Å²) >= 11 is 0. The molecule has 2 aromatic carbocycles. The molecule has 4 heteroatoms. The molecule has 3 rings (SSSR count). The van der Waals surface area contributed by atoms with Crippen LogP contribution in [0.2, 0.25) is 0 Å². The van der Waals surface area contributed by atoms with Gasteiger partial charge in [-0.15, -0.1) is 0 Å². The Morgan fingerprint density at radius 2 is 1.92 bits per heavy atom. The van der Waals surface area contributed by atoms with E-state index in [2.05, 4.69) is 11.4 Å². The summed E-state index contributed by atoms with van der Waals surface area (Å²) in [5.41, 5.74) is 3.47. The van der Waals surface area contributed by atoms with Crippen molar-refractivity contribution in [2.75, 3.05) is 18.0 Å². The van der Waals surface area contributed by atoms with Gasteiger partial charge in [-0.2, -0.15) is 0 Å². The predicted octanol–water partition coefficient (Wildman–Crippen LogP) is 3.54. The first-order chi connectivity index (χ1) is 12.1. The second kappa shape index (κ2) is 8.17. The number of ether oxygens (including phenoxy) is 1. The van der Waals surface area contributed by atoms with Gasteiger partial charge in [-0.1, -0.05) is 30.3 Å². The fourth-order valence-corrected chi connectivity index (χ4v) is 3.16. The van der Waals surface area contributed by atoms with Crippen molar-refractivity contribution in [3.05, 3.63) is 59.7 Å². The van der Waals surface area contributed by atoms with E-state index in [1.165, 1.54) is 5.56 Å². The number of para-hydroxylation sites is 1. The number of fused-ring (bicyclic) bond motifs is 1. The smallest absolute Gasteiger partial charge is 0.240 e. The van der Waals surface area contributed by atoms with Gasteiger partial charge in [0, 0.05) is 18.8 Å². The molecule has 1 aliphatic rings. The molecule has 132 valence electrons. The minimum Gasteiger partial charge on any atom is -0.491 e. The third-order valence-electron chi connectivity index (χ3n) is 4.31. The molecule has 2 aromatic rings. The Morgan fingerprint density at radius 1 is 1.16 bits per heavy atom. The van der Waals surface area contributed by atoms with Crippen molar-refractivity contribution in [2.24, 2.45) is 0 Å². The standard InChI is InChI=1S/C21H26N2O2/c1-16(2)25-19-11-9-17(10-12-19)14-22-15-21(24)23-13-5-7-18-6-3-4-8-20(18)23/h3-4,6,8-12,16,22H,5,7,13-15H2,1-2H3. The predicted molar refractivity (Wildman–Crippen MR) is 101 cm³/mol. The molecule has 1 N–H and O–H groups in total. The zero-order valence-corrected chi connectivity index (χ0v) is 15.0. The number of nitrogens with zero attached hydrogens (tertiary/aromatic N) is 1. The molecule has 0 aliphatic carbocycles. The van der Waals surface area contributed by atoms with E-state index >= 15 is 0 Å². The van der Waals surface area contributed by atoms with Crippen LogP contribution in [0.3, 0.4) is 0 Å². The minimum absolute atomic E-state index is 0.131. The molecule has 0 aromatic heterocycles. The number of carbonyl (C=O) groups is 1. The van der Waals surface area contributed by atoms with Crippen LogP contribution in [0, 0.1) is 0 Å². The zero-order chi connectivity index (χ0) is 17.6. The lowest BCUT2D eigenvalue weighted by molar-refractivity contribution is -0.117. The van der Waals surface area contributed by atoms with Crippen molar-refractivity contribution >= 4 is 11.6 Å². The molecule has 1 amide bonds. The molecular weight excluding hydrogens is 312 g/mol. The van der Waals surface area contributed by atoms with Crippen LogP contribution in [0.25, 0.3) is 0 Å². The Labute approximate surface area is 149 Å². The van der Waals surface area contributed by atoms with Gasteiger partial charge in [-0.05, 0) is 56.0 Å². The number of hydrogen-bond donors (Lipinski definition) is 1. The number of carbonyl (C=O) groups excluding carboxylic acids is 1. The van der Waals surface area contributed by atoms with E-state index in [1.807, 2.05) is 61.2 Å². The van der Waals surface area contributed by atoms with Crippen LogP contribution in [-0.4, -0.2) is 25.1 Å². The number of benzene rings is 2. The maximum atomic E-state index is 12.6. The van der Waals surface area contributed by atoms with E-state index in [4.69, 9.17) is 4.74 Å². The fourth-order valence-electron chi connectivity index (χ4n) is 3.16. The normalized spacial score (nSPS) is 13.6. The van der Waals surface area contributed by atoms with Gasteiger partial charge in [-0.25, -0.2) is 0 Å². The van der Waals surface area contributed by atoms with E-state index in [0.29, 0.717) is 13.1 Å². The quantitative estimate of drug-likeness (QED) is 0.876. The van der Waals surface area contributed by atoms with Crippen LogP contribution in [0.5, 0.6) is 5.75 Å². The molecular formula is C21H26N2O2. The molecule has 0 fully saturated rings. The van der Waals surface area contributed by atoms with Gasteiger partial charge in [0.2, 0.25) is 5.91 Å². The monoisotopic (exact) mass is 338 g/mol. The summed E-state index contributed by atoms with van der Waals surface area (Å²) < 4.78 is 5.64. The zero-order valence-electron chi connectivity index (χ0n) is 15.0. The van der Waals surface area contributed by atoms with Gasteiger partial charge in [0.25, 0.3) is 0 Å². The van der Waals surface area contributed by atoms with E-state index in [-0.39, 0.29) is 12.0 Å². The molecule has 0 spiro atoms. The van der Waals surface area contributed by atoms with E-state index in [1.54, 1.807) is 0 Å². The Kier molecular flexibility index (Phi) is 5.71. The van der Waals surface area contributed by atoms with Crippen LogP contribution in [0.4, 0.5) is 5.69 Å². The van der Waals surface area contributed by atoms with Gasteiger partial charge in [0.15, 0.2) is 0 Å². The van der Waals surface area contributed by atoms with E-state index in [9.17, 15) is 4.79 Å². The van der Waals surface area contributed by atoms with Crippen molar-refractivity contribution in [2.45, 2.75) is 39.3 Å². The van der Waals surface area contributed by atoms with Gasteiger partial charge in [0.05, 0.1) is 12.6 Å². The van der Waals surface area contributed by atoms with Gasteiger partial charge in [-0.3, -0.25) is 4.79 Å². The highest BCUT2D eigenvalue weighted by atomic mass is 16.5. The maximum Gasteiger partial charge on any atom is 0.240 e. The van der Waals surface area contributed by atoms with Crippen LogP contribution in [0.15, 0.2) is 48.5 Å². The van der Waals surface area contributed by atoms with Gasteiger partial charge < -0.3 is 15.0 Å². The molecule has 0 bridgehead atoms. The largest absolute Gasteiger partial charge is 0.491 e. The number of amides is 1. The van der Waals surface area contributed by atoms with Crippen LogP contribution in [0.1, 0.15) is 31.4 Å².